The van der Waals surface area contributed by atoms with Gasteiger partial charge in [0.05, 0.1) is 11.3 Å². The summed E-state index contributed by atoms with van der Waals surface area (Å²) in [5, 5.41) is 8.19. The number of aryl methyl sites for hydroxylation is 2. The average molecular weight is 252 g/mol. The van der Waals surface area contributed by atoms with Crippen molar-refractivity contribution in [2.24, 2.45) is 0 Å². The largest absolute Gasteiger partial charge is 0.351 e. The molecule has 0 spiro atoms. The van der Waals surface area contributed by atoms with Crippen LogP contribution in [0.2, 0.25) is 0 Å². The van der Waals surface area contributed by atoms with Crippen LogP contribution < -0.4 is 5.32 Å². The monoisotopic (exact) mass is 252 g/mol. The summed E-state index contributed by atoms with van der Waals surface area (Å²) in [7, 11) is 0. The zero-order valence-corrected chi connectivity index (χ0v) is 10.4. The quantitative estimate of drug-likeness (QED) is 0.881. The van der Waals surface area contributed by atoms with Gasteiger partial charge in [-0.15, -0.1) is 0 Å². The molecule has 6 nitrogen and oxygen atoms in total. The predicted molar refractivity (Wildman–Crippen MR) is 61.9 cm³/mol. The summed E-state index contributed by atoms with van der Waals surface area (Å²) >= 11 is 1.28. The number of nitrogens with zero attached hydrogens (tertiary/aromatic N) is 3. The lowest BCUT2D eigenvalue weighted by Crippen LogP contribution is -2.26. The Morgan fingerprint density at radius 3 is 2.94 bits per heavy atom. The first-order chi connectivity index (χ1) is 8.16. The van der Waals surface area contributed by atoms with Gasteiger partial charge in [0.2, 0.25) is 5.89 Å². The van der Waals surface area contributed by atoms with E-state index in [2.05, 4.69) is 19.8 Å². The molecule has 0 aliphatic carbocycles. The maximum absolute atomic E-state index is 11.7. The minimum absolute atomic E-state index is 0.118. The van der Waals surface area contributed by atoms with Gasteiger partial charge in [-0.1, -0.05) is 5.16 Å². The summed E-state index contributed by atoms with van der Waals surface area (Å²) < 4.78 is 8.99. The SMILES string of the molecule is Cc1noc(CCNC(=O)c2csnc2C)n1. The average Bonchev–Trinajstić information content (AvgIpc) is 2.87. The van der Waals surface area contributed by atoms with Crippen molar-refractivity contribution in [2.75, 3.05) is 6.54 Å². The maximum Gasteiger partial charge on any atom is 0.254 e. The van der Waals surface area contributed by atoms with Gasteiger partial charge in [-0.25, -0.2) is 0 Å². The van der Waals surface area contributed by atoms with Crippen LogP contribution in [0.25, 0.3) is 0 Å². The highest BCUT2D eigenvalue weighted by Crippen LogP contribution is 2.08. The van der Waals surface area contributed by atoms with E-state index < -0.39 is 0 Å². The minimum Gasteiger partial charge on any atom is -0.351 e. The molecule has 90 valence electrons. The van der Waals surface area contributed by atoms with E-state index in [0.29, 0.717) is 30.2 Å². The van der Waals surface area contributed by atoms with Crippen LogP contribution in [-0.4, -0.2) is 27.0 Å². The van der Waals surface area contributed by atoms with Crippen LogP contribution in [0.5, 0.6) is 0 Å². The molecule has 0 aliphatic heterocycles. The normalized spacial score (nSPS) is 10.5. The van der Waals surface area contributed by atoms with Crippen molar-refractivity contribution in [3.8, 4) is 0 Å². The fraction of sp³-hybridized carbons (Fsp3) is 0.400. The Morgan fingerprint density at radius 2 is 2.35 bits per heavy atom. The summed E-state index contributed by atoms with van der Waals surface area (Å²) in [5.41, 5.74) is 1.37. The van der Waals surface area contributed by atoms with Gasteiger partial charge in [-0.05, 0) is 25.4 Å². The number of rotatable bonds is 4. The fourth-order valence-corrected chi connectivity index (χ4v) is 2.02. The molecule has 0 saturated carbocycles. The number of aromatic nitrogens is 3. The molecule has 17 heavy (non-hydrogen) atoms. The van der Waals surface area contributed by atoms with Gasteiger partial charge >= 0.3 is 0 Å². The second-order valence-electron chi connectivity index (χ2n) is 3.55. The smallest absolute Gasteiger partial charge is 0.254 e. The van der Waals surface area contributed by atoms with Gasteiger partial charge in [-0.2, -0.15) is 9.36 Å². The molecule has 0 unspecified atom stereocenters. The van der Waals surface area contributed by atoms with Crippen LogP contribution in [0.4, 0.5) is 0 Å². The van der Waals surface area contributed by atoms with Crippen LogP contribution >= 0.6 is 11.5 Å². The van der Waals surface area contributed by atoms with E-state index in [1.807, 2.05) is 6.92 Å². The minimum atomic E-state index is -0.118. The summed E-state index contributed by atoms with van der Waals surface area (Å²) in [6.07, 6.45) is 0.531. The maximum atomic E-state index is 11.7. The zero-order valence-electron chi connectivity index (χ0n) is 9.56. The van der Waals surface area contributed by atoms with E-state index in [0.717, 1.165) is 5.69 Å². The molecule has 2 aromatic rings. The van der Waals surface area contributed by atoms with Crippen LogP contribution in [-0.2, 0) is 6.42 Å². The van der Waals surface area contributed by atoms with Crippen molar-refractivity contribution in [3.63, 3.8) is 0 Å². The number of hydrogen-bond donors (Lipinski definition) is 1. The third-order valence-corrected chi connectivity index (χ3v) is 2.91. The Bertz CT molecular complexity index is 520. The lowest BCUT2D eigenvalue weighted by atomic mass is 10.2. The number of nitrogens with one attached hydrogen (secondary N) is 1. The Morgan fingerprint density at radius 1 is 1.53 bits per heavy atom. The summed E-state index contributed by atoms with van der Waals surface area (Å²) in [6, 6.07) is 0. The van der Waals surface area contributed by atoms with E-state index in [4.69, 9.17) is 4.52 Å². The van der Waals surface area contributed by atoms with Gasteiger partial charge in [0.1, 0.15) is 0 Å². The molecule has 1 N–H and O–H groups in total. The molecule has 0 aromatic carbocycles. The first-order valence-corrected chi connectivity index (χ1v) is 5.99. The second kappa shape index (κ2) is 5.05. The Balaban J connectivity index is 1.83. The summed E-state index contributed by atoms with van der Waals surface area (Å²) in [4.78, 5) is 15.8. The molecule has 1 amide bonds. The zero-order chi connectivity index (χ0) is 12.3. The van der Waals surface area contributed by atoms with Crippen molar-refractivity contribution in [1.82, 2.24) is 19.8 Å². The molecule has 2 aromatic heterocycles. The predicted octanol–water partition coefficient (Wildman–Crippen LogP) is 1.12. The fourth-order valence-electron chi connectivity index (χ4n) is 1.33. The molecular weight excluding hydrogens is 240 g/mol. The summed E-state index contributed by atoms with van der Waals surface area (Å²) in [5.74, 6) is 1.01. The molecule has 2 rings (SSSR count). The van der Waals surface area contributed by atoms with Gasteiger partial charge in [0.25, 0.3) is 5.91 Å². The van der Waals surface area contributed by atoms with E-state index in [1.165, 1.54) is 11.5 Å². The van der Waals surface area contributed by atoms with Crippen molar-refractivity contribution in [3.05, 3.63) is 28.4 Å². The van der Waals surface area contributed by atoms with Crippen molar-refractivity contribution < 1.29 is 9.32 Å². The van der Waals surface area contributed by atoms with E-state index in [-0.39, 0.29) is 5.91 Å². The van der Waals surface area contributed by atoms with Gasteiger partial charge < -0.3 is 9.84 Å². The van der Waals surface area contributed by atoms with Crippen LogP contribution in [0, 0.1) is 13.8 Å². The van der Waals surface area contributed by atoms with Crippen molar-refractivity contribution in [2.45, 2.75) is 20.3 Å². The van der Waals surface area contributed by atoms with Gasteiger partial charge in [-0.3, -0.25) is 4.79 Å². The van der Waals surface area contributed by atoms with E-state index in [1.54, 1.807) is 12.3 Å². The summed E-state index contributed by atoms with van der Waals surface area (Å²) in [6.45, 7) is 4.04. The van der Waals surface area contributed by atoms with Crippen LogP contribution in [0.3, 0.4) is 0 Å². The second-order valence-corrected chi connectivity index (χ2v) is 4.18. The number of carbonyl (C=O) groups excluding carboxylic acids is 1. The van der Waals surface area contributed by atoms with Gasteiger partial charge in [0.15, 0.2) is 5.82 Å². The molecule has 2 heterocycles. The number of amides is 1. The van der Waals surface area contributed by atoms with Crippen LogP contribution in [0.1, 0.15) is 27.8 Å². The first-order valence-electron chi connectivity index (χ1n) is 5.15. The number of hydrogen-bond acceptors (Lipinski definition) is 6. The van der Waals surface area contributed by atoms with Crippen molar-refractivity contribution >= 4 is 17.4 Å². The molecular formula is C10H12N4O2S. The molecule has 0 saturated heterocycles. The molecule has 0 fully saturated rings. The molecule has 0 atom stereocenters. The topological polar surface area (TPSA) is 80.9 Å². The first kappa shape index (κ1) is 11.7. The van der Waals surface area contributed by atoms with Gasteiger partial charge in [0, 0.05) is 18.3 Å². The molecule has 0 radical (unpaired) electrons. The highest BCUT2D eigenvalue weighted by Gasteiger charge is 2.11. The third-order valence-electron chi connectivity index (χ3n) is 2.19. The van der Waals surface area contributed by atoms with E-state index >= 15 is 0 Å². The Kier molecular flexibility index (Phi) is 3.48. The highest BCUT2D eigenvalue weighted by atomic mass is 32.1. The number of carbonyl (C=O) groups is 1. The molecule has 0 bridgehead atoms. The molecule has 7 heteroatoms. The van der Waals surface area contributed by atoms with E-state index in [9.17, 15) is 4.79 Å². The Hall–Kier alpha value is -1.76. The standard InChI is InChI=1S/C10H12N4O2S/c1-6-8(5-17-14-6)10(15)11-4-3-9-12-7(2)13-16-9/h5H,3-4H2,1-2H3,(H,11,15). The van der Waals surface area contributed by atoms with Crippen LogP contribution in [0.15, 0.2) is 9.90 Å². The highest BCUT2D eigenvalue weighted by molar-refractivity contribution is 7.03. The lowest BCUT2D eigenvalue weighted by Gasteiger charge is -2.01. The molecule has 0 aliphatic rings. The Labute approximate surface area is 102 Å². The third kappa shape index (κ3) is 2.88. The lowest BCUT2D eigenvalue weighted by molar-refractivity contribution is 0.0953. The van der Waals surface area contributed by atoms with Crippen molar-refractivity contribution in [1.29, 1.82) is 0 Å².